The van der Waals surface area contributed by atoms with E-state index in [2.05, 4.69) is 17.6 Å². The van der Waals surface area contributed by atoms with Crippen molar-refractivity contribution in [3.63, 3.8) is 0 Å². The maximum Gasteiger partial charge on any atom is 0.220 e. The Hall–Kier alpha value is -1.43. The van der Waals surface area contributed by atoms with Gasteiger partial charge >= 0.3 is 0 Å². The van der Waals surface area contributed by atoms with Gasteiger partial charge in [-0.3, -0.25) is 14.4 Å². The standard InChI is InChI=1S/C22H40N2O4.2H2/c1-4-14-28-15-6-13-23-20(25)7-5-8-21(26)24-16-18-9-11-19(12-10-18)22(27)17(2)3;;/h17-19H,4-16H2,1-3H3,(H,23,25)(H,24,26);2*1H. The Morgan fingerprint density at radius 3 is 2.21 bits per heavy atom. The second-order valence-corrected chi connectivity index (χ2v) is 8.25. The second kappa shape index (κ2) is 14.6. The van der Waals surface area contributed by atoms with Gasteiger partial charge < -0.3 is 15.4 Å². The zero-order chi connectivity index (χ0) is 20.8. The molecule has 0 saturated heterocycles. The van der Waals surface area contributed by atoms with Gasteiger partial charge in [-0.15, -0.1) is 0 Å². The van der Waals surface area contributed by atoms with Gasteiger partial charge in [0.25, 0.3) is 0 Å². The summed E-state index contributed by atoms with van der Waals surface area (Å²) in [4.78, 5) is 35.8. The molecule has 0 spiro atoms. The summed E-state index contributed by atoms with van der Waals surface area (Å²) in [6.07, 6.45) is 7.06. The van der Waals surface area contributed by atoms with Crippen molar-refractivity contribution in [2.75, 3.05) is 26.3 Å². The molecule has 1 saturated carbocycles. The van der Waals surface area contributed by atoms with Gasteiger partial charge in [0.05, 0.1) is 0 Å². The summed E-state index contributed by atoms with van der Waals surface area (Å²) in [5, 5.41) is 5.85. The normalized spacial score (nSPS) is 19.4. The zero-order valence-electron chi connectivity index (χ0n) is 18.1. The fraction of sp³-hybridized carbons (Fsp3) is 0.864. The first-order chi connectivity index (χ1) is 13.4. The lowest BCUT2D eigenvalue weighted by molar-refractivity contribution is -0.127. The number of carbonyl (C=O) groups excluding carboxylic acids is 3. The van der Waals surface area contributed by atoms with Crippen LogP contribution < -0.4 is 10.6 Å². The van der Waals surface area contributed by atoms with Gasteiger partial charge in [-0.1, -0.05) is 20.8 Å². The highest BCUT2D eigenvalue weighted by atomic mass is 16.5. The fourth-order valence-electron chi connectivity index (χ4n) is 3.62. The van der Waals surface area contributed by atoms with Gasteiger partial charge in [0.15, 0.2) is 0 Å². The highest BCUT2D eigenvalue weighted by Crippen LogP contribution is 2.30. The van der Waals surface area contributed by atoms with Gasteiger partial charge in [0, 0.05) is 53.8 Å². The highest BCUT2D eigenvalue weighted by Gasteiger charge is 2.27. The molecule has 0 bridgehead atoms. The van der Waals surface area contributed by atoms with Crippen molar-refractivity contribution >= 4 is 17.6 Å². The van der Waals surface area contributed by atoms with Gasteiger partial charge in [-0.25, -0.2) is 0 Å². The van der Waals surface area contributed by atoms with Crippen molar-refractivity contribution in [1.82, 2.24) is 10.6 Å². The second-order valence-electron chi connectivity index (χ2n) is 8.25. The maximum absolute atomic E-state index is 12.1. The number of amides is 2. The lowest BCUT2D eigenvalue weighted by Crippen LogP contribution is -2.33. The Labute approximate surface area is 173 Å². The molecule has 0 aromatic rings. The summed E-state index contributed by atoms with van der Waals surface area (Å²) in [5.41, 5.74) is 0. The summed E-state index contributed by atoms with van der Waals surface area (Å²) >= 11 is 0. The van der Waals surface area contributed by atoms with E-state index in [1.165, 1.54) is 0 Å². The van der Waals surface area contributed by atoms with E-state index in [0.717, 1.165) is 45.1 Å². The predicted molar refractivity (Wildman–Crippen MR) is 115 cm³/mol. The SMILES string of the molecule is CCCOCCCNC(=O)CCCC(=O)NCC1CCC(C(=O)C(C)C)CC1.[HH].[HH]. The Balaban J connectivity index is 0. The third-order valence-corrected chi connectivity index (χ3v) is 5.35. The zero-order valence-corrected chi connectivity index (χ0v) is 18.1. The summed E-state index contributed by atoms with van der Waals surface area (Å²) in [5.74, 6) is 1.20. The lowest BCUT2D eigenvalue weighted by atomic mass is 9.78. The smallest absolute Gasteiger partial charge is 0.220 e. The average Bonchev–Trinajstić information content (AvgIpc) is 2.68. The van der Waals surface area contributed by atoms with Gasteiger partial charge in [-0.2, -0.15) is 0 Å². The van der Waals surface area contributed by atoms with Crippen LogP contribution in [0.25, 0.3) is 0 Å². The first-order valence-corrected chi connectivity index (χ1v) is 11.1. The Morgan fingerprint density at radius 1 is 0.964 bits per heavy atom. The molecule has 0 radical (unpaired) electrons. The third-order valence-electron chi connectivity index (χ3n) is 5.35. The van der Waals surface area contributed by atoms with Gasteiger partial charge in [-0.05, 0) is 50.9 Å². The van der Waals surface area contributed by atoms with Crippen LogP contribution >= 0.6 is 0 Å². The average molecular weight is 401 g/mol. The Bertz CT molecular complexity index is 482. The minimum absolute atomic E-state index is 0. The minimum atomic E-state index is -0.00330. The van der Waals surface area contributed by atoms with E-state index < -0.39 is 0 Å². The molecule has 6 nitrogen and oxygen atoms in total. The van der Waals surface area contributed by atoms with Gasteiger partial charge in [0.1, 0.15) is 5.78 Å². The van der Waals surface area contributed by atoms with Crippen molar-refractivity contribution in [3.8, 4) is 0 Å². The minimum Gasteiger partial charge on any atom is -0.381 e. The molecule has 0 atom stereocenters. The third kappa shape index (κ3) is 10.8. The van der Waals surface area contributed by atoms with E-state index in [4.69, 9.17) is 4.74 Å². The fourth-order valence-corrected chi connectivity index (χ4v) is 3.62. The molecule has 1 aliphatic carbocycles. The molecule has 2 N–H and O–H groups in total. The van der Waals surface area contributed by atoms with E-state index in [0.29, 0.717) is 50.7 Å². The molecule has 2 amide bonds. The summed E-state index contributed by atoms with van der Waals surface area (Å²) in [7, 11) is 0. The molecular formula is C22H44N2O4. The molecular weight excluding hydrogens is 356 g/mol. The number of rotatable bonds is 14. The molecule has 6 heteroatoms. The maximum atomic E-state index is 12.1. The molecule has 166 valence electrons. The number of hydrogen-bond donors (Lipinski definition) is 2. The van der Waals surface area contributed by atoms with Crippen LogP contribution in [0.5, 0.6) is 0 Å². The van der Waals surface area contributed by atoms with Crippen molar-refractivity contribution in [3.05, 3.63) is 0 Å². The summed E-state index contributed by atoms with van der Waals surface area (Å²) in [6.45, 7) is 8.75. The summed E-state index contributed by atoms with van der Waals surface area (Å²) in [6, 6.07) is 0. The molecule has 0 heterocycles. The van der Waals surface area contributed by atoms with Crippen molar-refractivity contribution in [1.29, 1.82) is 0 Å². The predicted octanol–water partition coefficient (Wildman–Crippen LogP) is 3.73. The molecule has 0 aromatic carbocycles. The Kier molecular flexibility index (Phi) is 12.8. The van der Waals surface area contributed by atoms with E-state index in [9.17, 15) is 14.4 Å². The van der Waals surface area contributed by atoms with Crippen LogP contribution in [-0.2, 0) is 19.1 Å². The van der Waals surface area contributed by atoms with E-state index >= 15 is 0 Å². The van der Waals surface area contributed by atoms with Crippen molar-refractivity contribution in [2.45, 2.75) is 78.6 Å². The monoisotopic (exact) mass is 400 g/mol. The molecule has 28 heavy (non-hydrogen) atoms. The number of nitrogens with one attached hydrogen (secondary N) is 2. The van der Waals surface area contributed by atoms with E-state index in [-0.39, 0.29) is 26.5 Å². The number of ketones is 1. The summed E-state index contributed by atoms with van der Waals surface area (Å²) < 4.78 is 5.36. The van der Waals surface area contributed by atoms with Crippen LogP contribution in [0.1, 0.15) is 81.4 Å². The molecule has 1 rings (SSSR count). The lowest BCUT2D eigenvalue weighted by Gasteiger charge is -2.28. The van der Waals surface area contributed by atoms with Crippen LogP contribution in [0.2, 0.25) is 0 Å². The molecule has 1 fully saturated rings. The van der Waals surface area contributed by atoms with E-state index in [1.54, 1.807) is 0 Å². The van der Waals surface area contributed by atoms with Crippen LogP contribution in [0.4, 0.5) is 0 Å². The number of Topliss-reactive ketones (excluding diaryl/α,β-unsaturated/α-hetero) is 1. The highest BCUT2D eigenvalue weighted by molar-refractivity contribution is 5.82. The van der Waals surface area contributed by atoms with Crippen LogP contribution in [-0.4, -0.2) is 43.9 Å². The quantitative estimate of drug-likeness (QED) is 0.435. The van der Waals surface area contributed by atoms with E-state index in [1.807, 2.05) is 13.8 Å². The molecule has 0 aromatic heterocycles. The Morgan fingerprint density at radius 2 is 1.61 bits per heavy atom. The largest absolute Gasteiger partial charge is 0.381 e. The molecule has 0 unspecified atom stereocenters. The number of ether oxygens (including phenoxy) is 1. The number of hydrogen-bond acceptors (Lipinski definition) is 4. The number of carbonyl (C=O) groups is 3. The van der Waals surface area contributed by atoms with Gasteiger partial charge in [0.2, 0.25) is 11.8 Å². The van der Waals surface area contributed by atoms with Crippen molar-refractivity contribution in [2.24, 2.45) is 17.8 Å². The molecule has 0 aliphatic heterocycles. The first kappa shape index (κ1) is 24.6. The van der Waals surface area contributed by atoms with Crippen LogP contribution in [0.15, 0.2) is 0 Å². The van der Waals surface area contributed by atoms with Crippen LogP contribution in [0.3, 0.4) is 0 Å². The topological polar surface area (TPSA) is 84.5 Å². The first-order valence-electron chi connectivity index (χ1n) is 11.1. The van der Waals surface area contributed by atoms with Crippen molar-refractivity contribution < 1.29 is 22.0 Å². The van der Waals surface area contributed by atoms with Crippen LogP contribution in [0, 0.1) is 17.8 Å². The molecule has 1 aliphatic rings.